The van der Waals surface area contributed by atoms with E-state index in [9.17, 15) is 0 Å². The number of aromatic nitrogens is 1. The van der Waals surface area contributed by atoms with Gasteiger partial charge in [0, 0.05) is 59.5 Å². The maximum atomic E-state index is 6.57. The number of hydrogen-bond acceptors (Lipinski definition) is 3. The highest BCUT2D eigenvalue weighted by Gasteiger charge is 2.38. The Hall–Kier alpha value is -6.04. The summed E-state index contributed by atoms with van der Waals surface area (Å²) in [5.41, 5.74) is 21.3. The highest BCUT2D eigenvalue weighted by molar-refractivity contribution is 7.29. The first-order valence-corrected chi connectivity index (χ1v) is 23.9. The fourth-order valence-electron chi connectivity index (χ4n) is 11.0. The number of nitrogens with zero attached hydrogens (tertiary/aromatic N) is 1. The van der Waals surface area contributed by atoms with Gasteiger partial charge < -0.3 is 14.3 Å². The number of para-hydroxylation sites is 1. The topological polar surface area (TPSA) is 30.1 Å². The molecule has 316 valence electrons. The fraction of sp³-hybridized carbons (Fsp3) is 0.254. The van der Waals surface area contributed by atoms with Crippen LogP contribution in [0.2, 0.25) is 0 Å². The number of benzene rings is 7. The first-order valence-electron chi connectivity index (χ1n) is 23.0. The molecule has 0 saturated heterocycles. The maximum absolute atomic E-state index is 6.57. The van der Waals surface area contributed by atoms with Gasteiger partial charge in [-0.05, 0) is 126 Å². The quantitative estimate of drug-likeness (QED) is 0.180. The monoisotopic (exact) mass is 850 g/mol. The van der Waals surface area contributed by atoms with Crippen molar-refractivity contribution in [1.29, 1.82) is 0 Å². The first-order chi connectivity index (χ1) is 30.3. The van der Waals surface area contributed by atoms with Crippen LogP contribution in [0.15, 0.2) is 126 Å². The molecular weight excluding hydrogens is 796 g/mol. The Morgan fingerprint density at radius 1 is 0.547 bits per heavy atom. The highest BCUT2D eigenvalue weighted by atomic mass is 32.1. The summed E-state index contributed by atoms with van der Waals surface area (Å²) >= 11 is 1.96. The standard InChI is InChI=1S/C59H55BN2OS/c1-56(2,3)32-16-20-35(21-17-32)61-47-29-40-36-22-18-34(58(7,8)9)27-45(36)59(10,11)46(40)28-41(47)38-23-24-39-42-31-50-43(37-14-12-13-15-49(37)63-50)30-48(42)62-53(39)52(38)60-55-54(62)44-26-33(57(4,5)6)19-25-51(44)64-55/h12-31,60-61H,1-11H3. The summed E-state index contributed by atoms with van der Waals surface area (Å²) in [4.78, 5) is 0. The smallest absolute Gasteiger partial charge is 0.211 e. The van der Waals surface area contributed by atoms with Crippen molar-refractivity contribution in [3.8, 4) is 27.9 Å². The molecule has 3 aromatic heterocycles. The molecule has 0 unspecified atom stereocenters. The van der Waals surface area contributed by atoms with Crippen LogP contribution in [0, 0.1) is 0 Å². The first kappa shape index (κ1) is 39.5. The second-order valence-electron chi connectivity index (χ2n) is 22.3. The van der Waals surface area contributed by atoms with Gasteiger partial charge in [0.2, 0.25) is 7.28 Å². The third-order valence-corrected chi connectivity index (χ3v) is 15.9. The largest absolute Gasteiger partial charge is 0.456 e. The zero-order chi connectivity index (χ0) is 44.4. The van der Waals surface area contributed by atoms with Crippen molar-refractivity contribution in [2.45, 2.75) is 97.8 Å². The summed E-state index contributed by atoms with van der Waals surface area (Å²) in [6.07, 6.45) is 0. The van der Waals surface area contributed by atoms with E-state index in [-0.39, 0.29) is 21.7 Å². The van der Waals surface area contributed by atoms with Crippen LogP contribution in [0.3, 0.4) is 0 Å². The lowest BCUT2D eigenvalue weighted by atomic mass is 9.63. The lowest BCUT2D eigenvalue weighted by Gasteiger charge is -2.26. The van der Waals surface area contributed by atoms with Crippen molar-refractivity contribution < 1.29 is 4.42 Å². The second-order valence-corrected chi connectivity index (χ2v) is 23.5. The van der Waals surface area contributed by atoms with E-state index < -0.39 is 0 Å². The number of anilines is 2. The summed E-state index contributed by atoms with van der Waals surface area (Å²) in [5, 5.41) is 10.2. The Labute approximate surface area is 381 Å². The minimum absolute atomic E-state index is 0.0322. The number of nitrogens with one attached hydrogen (secondary N) is 1. The molecular formula is C59H55BN2OS. The second kappa shape index (κ2) is 13.0. The van der Waals surface area contributed by atoms with Gasteiger partial charge in [0.15, 0.2) is 0 Å². The van der Waals surface area contributed by atoms with E-state index in [1.54, 1.807) is 0 Å². The molecule has 1 aliphatic heterocycles. The van der Waals surface area contributed by atoms with Gasteiger partial charge in [-0.3, -0.25) is 0 Å². The third-order valence-electron chi connectivity index (χ3n) is 14.7. The third kappa shape index (κ3) is 5.72. The van der Waals surface area contributed by atoms with E-state index in [1.807, 2.05) is 11.3 Å². The maximum Gasteiger partial charge on any atom is 0.211 e. The van der Waals surface area contributed by atoms with E-state index >= 15 is 0 Å². The zero-order valence-corrected chi connectivity index (χ0v) is 39.8. The summed E-state index contributed by atoms with van der Waals surface area (Å²) in [6, 6.07) is 46.5. The lowest BCUT2D eigenvalue weighted by Crippen LogP contribution is -2.35. The van der Waals surface area contributed by atoms with Gasteiger partial charge in [0.05, 0.1) is 11.2 Å². The Bertz CT molecular complexity index is 3630. The summed E-state index contributed by atoms with van der Waals surface area (Å²) in [6.45, 7) is 25.6. The van der Waals surface area contributed by atoms with Crippen LogP contribution in [0.1, 0.15) is 104 Å². The van der Waals surface area contributed by atoms with Gasteiger partial charge in [-0.25, -0.2) is 0 Å². The van der Waals surface area contributed by atoms with Gasteiger partial charge in [-0.15, -0.1) is 11.3 Å². The Morgan fingerprint density at radius 2 is 1.22 bits per heavy atom. The molecule has 0 bridgehead atoms. The number of hydrogen-bond donors (Lipinski definition) is 1. The fourth-order valence-corrected chi connectivity index (χ4v) is 12.1. The number of thiophene rings is 1. The predicted molar refractivity (Wildman–Crippen MR) is 279 cm³/mol. The molecule has 0 saturated carbocycles. The molecule has 10 aromatic rings. The molecule has 0 radical (unpaired) electrons. The van der Waals surface area contributed by atoms with Crippen molar-refractivity contribution in [2.24, 2.45) is 0 Å². The number of furan rings is 1. The van der Waals surface area contributed by atoms with Crippen LogP contribution in [-0.4, -0.2) is 11.8 Å². The lowest BCUT2D eigenvalue weighted by molar-refractivity contribution is 0.584. The molecule has 1 N–H and O–H groups in total. The summed E-state index contributed by atoms with van der Waals surface area (Å²) in [7, 11) is 0.858. The van der Waals surface area contributed by atoms with Crippen molar-refractivity contribution in [3.63, 3.8) is 0 Å². The van der Waals surface area contributed by atoms with E-state index in [1.165, 1.54) is 97.9 Å². The van der Waals surface area contributed by atoms with Gasteiger partial charge in [0.1, 0.15) is 11.2 Å². The molecule has 0 fully saturated rings. The van der Waals surface area contributed by atoms with Crippen molar-refractivity contribution in [3.05, 3.63) is 149 Å². The van der Waals surface area contributed by atoms with Crippen molar-refractivity contribution in [1.82, 2.24) is 4.57 Å². The van der Waals surface area contributed by atoms with Gasteiger partial charge in [-0.1, -0.05) is 143 Å². The molecule has 0 amide bonds. The Morgan fingerprint density at radius 3 is 1.97 bits per heavy atom. The number of rotatable bonds is 3. The molecule has 7 aromatic carbocycles. The van der Waals surface area contributed by atoms with Crippen molar-refractivity contribution in [2.75, 3.05) is 5.32 Å². The Kier molecular flexibility index (Phi) is 8.06. The van der Waals surface area contributed by atoms with Crippen molar-refractivity contribution >= 4 is 94.1 Å². The van der Waals surface area contributed by atoms with E-state index in [0.717, 1.165) is 40.6 Å². The van der Waals surface area contributed by atoms with Crippen LogP contribution >= 0.6 is 11.3 Å². The minimum atomic E-state index is -0.177. The zero-order valence-electron chi connectivity index (χ0n) is 39.0. The van der Waals surface area contributed by atoms with E-state index in [0.29, 0.717) is 0 Å². The number of fused-ring (bicyclic) bond motifs is 13. The van der Waals surface area contributed by atoms with E-state index in [4.69, 9.17) is 4.42 Å². The average molecular weight is 851 g/mol. The van der Waals surface area contributed by atoms with Gasteiger partial charge in [0.25, 0.3) is 0 Å². The molecule has 5 heteroatoms. The van der Waals surface area contributed by atoms with Crippen LogP contribution in [-0.2, 0) is 21.7 Å². The molecule has 4 heterocycles. The van der Waals surface area contributed by atoms with E-state index in [2.05, 4.69) is 207 Å². The van der Waals surface area contributed by atoms with Crippen LogP contribution in [0.5, 0.6) is 0 Å². The molecule has 0 spiro atoms. The molecule has 3 nitrogen and oxygen atoms in total. The minimum Gasteiger partial charge on any atom is -0.456 e. The predicted octanol–water partition coefficient (Wildman–Crippen LogP) is 15.2. The molecule has 12 rings (SSSR count). The van der Waals surface area contributed by atoms with Gasteiger partial charge in [-0.2, -0.15) is 0 Å². The Balaban J connectivity index is 1.15. The summed E-state index contributed by atoms with van der Waals surface area (Å²) in [5.74, 6) is 0. The SMILES string of the molecule is CC(C)(C)c1ccc(Nc2cc3c(cc2-c2ccc4c5cc6oc7ccccc7c6cc5n5c4c2Bc2sc4ccc(C(C)(C)C)cc4c2-5)C(C)(C)c2cc(C(C)(C)C)ccc2-3)cc1. The highest BCUT2D eigenvalue weighted by Crippen LogP contribution is 2.53. The molecule has 1 aliphatic carbocycles. The average Bonchev–Trinajstić information content (AvgIpc) is 3.95. The summed E-state index contributed by atoms with van der Waals surface area (Å²) < 4.78 is 11.9. The van der Waals surface area contributed by atoms with Crippen LogP contribution in [0.25, 0.3) is 81.8 Å². The molecule has 0 atom stereocenters. The molecule has 64 heavy (non-hydrogen) atoms. The van der Waals surface area contributed by atoms with Crippen LogP contribution < -0.4 is 15.6 Å². The van der Waals surface area contributed by atoms with Gasteiger partial charge >= 0.3 is 0 Å². The molecule has 2 aliphatic rings. The van der Waals surface area contributed by atoms with Crippen LogP contribution in [0.4, 0.5) is 11.4 Å². The normalized spacial score (nSPS) is 14.4.